The smallest absolute Gasteiger partial charge is 0.193 e. The van der Waals surface area contributed by atoms with E-state index in [0.717, 1.165) is 17.2 Å². The summed E-state index contributed by atoms with van der Waals surface area (Å²) < 4.78 is 23.1. The number of hydrogen-bond donors (Lipinski definition) is 1. The van der Waals surface area contributed by atoms with Crippen LogP contribution >= 0.6 is 0 Å². The minimum atomic E-state index is -3.42. The van der Waals surface area contributed by atoms with Crippen LogP contribution in [-0.4, -0.2) is 24.8 Å². The van der Waals surface area contributed by atoms with Crippen molar-refractivity contribution in [2.45, 2.75) is 18.6 Å². The lowest BCUT2D eigenvalue weighted by Crippen LogP contribution is -2.06. The predicted molar refractivity (Wildman–Crippen MR) is 65.5 cm³/mol. The van der Waals surface area contributed by atoms with E-state index in [1.54, 1.807) is 12.1 Å². The highest BCUT2D eigenvalue weighted by Crippen LogP contribution is 2.21. The Morgan fingerprint density at radius 2 is 2.00 bits per heavy atom. The lowest BCUT2D eigenvalue weighted by atomic mass is 10.1. The number of benzene rings is 1. The molecule has 0 atom stereocenters. The van der Waals surface area contributed by atoms with Crippen molar-refractivity contribution in [3.05, 3.63) is 35.4 Å². The van der Waals surface area contributed by atoms with E-state index in [-0.39, 0.29) is 11.6 Å². The van der Waals surface area contributed by atoms with Crippen LogP contribution in [0.15, 0.2) is 29.3 Å². The molecule has 0 aliphatic rings. The third-order valence-electron chi connectivity index (χ3n) is 2.53. The molecule has 0 unspecified atom stereocenters. The third kappa shape index (κ3) is 2.30. The summed E-state index contributed by atoms with van der Waals surface area (Å²) in [6.07, 6.45) is 1.09. The van der Waals surface area contributed by atoms with Crippen LogP contribution in [0.25, 0.3) is 10.9 Å². The van der Waals surface area contributed by atoms with Crippen molar-refractivity contribution in [2.75, 3.05) is 6.26 Å². The molecule has 0 amide bonds. The predicted octanol–water partition coefficient (Wildman–Crippen LogP) is 1.44. The van der Waals surface area contributed by atoms with Gasteiger partial charge in [-0.05, 0) is 25.1 Å². The van der Waals surface area contributed by atoms with Crippen LogP contribution < -0.4 is 0 Å². The second-order valence-corrected chi connectivity index (χ2v) is 6.01. The molecule has 0 bridgehead atoms. The Morgan fingerprint density at radius 3 is 2.59 bits per heavy atom. The summed E-state index contributed by atoms with van der Waals surface area (Å²) in [5, 5.41) is 10.00. The monoisotopic (exact) mass is 251 g/mol. The van der Waals surface area contributed by atoms with Crippen LogP contribution in [-0.2, 0) is 16.4 Å². The van der Waals surface area contributed by atoms with E-state index in [0.29, 0.717) is 11.1 Å². The number of aromatic nitrogens is 1. The standard InChI is InChI=1S/C12H13NO3S/c1-8-3-4-11-9(5-8)6-10(7-14)12(13-11)17(2,15)16/h3-6,14H,7H2,1-2H3. The van der Waals surface area contributed by atoms with E-state index in [9.17, 15) is 13.5 Å². The fourth-order valence-electron chi connectivity index (χ4n) is 1.76. The van der Waals surface area contributed by atoms with Crippen LogP contribution in [0.5, 0.6) is 0 Å². The SMILES string of the molecule is Cc1ccc2nc(S(C)(=O)=O)c(CO)cc2c1. The zero-order valence-corrected chi connectivity index (χ0v) is 10.5. The van der Waals surface area contributed by atoms with Gasteiger partial charge < -0.3 is 5.11 Å². The summed E-state index contributed by atoms with van der Waals surface area (Å²) in [7, 11) is -3.42. The van der Waals surface area contributed by atoms with Gasteiger partial charge in [0.05, 0.1) is 12.1 Å². The van der Waals surface area contributed by atoms with E-state index in [4.69, 9.17) is 0 Å². The average Bonchev–Trinajstić information content (AvgIpc) is 2.25. The molecule has 90 valence electrons. The maximum Gasteiger partial charge on any atom is 0.193 e. The average molecular weight is 251 g/mol. The lowest BCUT2D eigenvalue weighted by molar-refractivity contribution is 0.278. The van der Waals surface area contributed by atoms with Crippen molar-refractivity contribution in [1.82, 2.24) is 4.98 Å². The molecule has 1 N–H and O–H groups in total. The maximum atomic E-state index is 11.5. The van der Waals surface area contributed by atoms with Crippen LogP contribution in [0.3, 0.4) is 0 Å². The second kappa shape index (κ2) is 4.09. The van der Waals surface area contributed by atoms with Gasteiger partial charge in [-0.15, -0.1) is 0 Å². The highest BCUT2D eigenvalue weighted by atomic mass is 32.2. The van der Waals surface area contributed by atoms with E-state index in [1.165, 1.54) is 0 Å². The quantitative estimate of drug-likeness (QED) is 0.877. The molecule has 0 spiro atoms. The number of aryl methyl sites for hydroxylation is 1. The normalized spacial score (nSPS) is 11.9. The molecule has 0 saturated heterocycles. The van der Waals surface area contributed by atoms with Crippen molar-refractivity contribution in [3.63, 3.8) is 0 Å². The third-order valence-corrected chi connectivity index (χ3v) is 3.59. The Morgan fingerprint density at radius 1 is 1.29 bits per heavy atom. The van der Waals surface area contributed by atoms with Gasteiger partial charge >= 0.3 is 0 Å². The molecule has 1 heterocycles. The molecular formula is C12H13NO3S. The van der Waals surface area contributed by atoms with E-state index < -0.39 is 9.84 Å². The number of rotatable bonds is 2. The highest BCUT2D eigenvalue weighted by molar-refractivity contribution is 7.90. The number of aliphatic hydroxyl groups excluding tert-OH is 1. The zero-order valence-electron chi connectivity index (χ0n) is 9.64. The molecule has 0 saturated carbocycles. The zero-order chi connectivity index (χ0) is 12.6. The number of nitrogens with zero attached hydrogens (tertiary/aromatic N) is 1. The lowest BCUT2D eigenvalue weighted by Gasteiger charge is -2.07. The summed E-state index contributed by atoms with van der Waals surface area (Å²) in [5.41, 5.74) is 2.02. The van der Waals surface area contributed by atoms with Gasteiger partial charge in [-0.2, -0.15) is 0 Å². The first-order valence-corrected chi connectivity index (χ1v) is 7.02. The highest BCUT2D eigenvalue weighted by Gasteiger charge is 2.15. The van der Waals surface area contributed by atoms with Crippen molar-refractivity contribution < 1.29 is 13.5 Å². The number of hydrogen-bond acceptors (Lipinski definition) is 4. The first kappa shape index (κ1) is 12.0. The number of fused-ring (bicyclic) bond motifs is 1. The summed E-state index contributed by atoms with van der Waals surface area (Å²) in [4.78, 5) is 4.11. The molecular weight excluding hydrogens is 238 g/mol. The van der Waals surface area contributed by atoms with Crippen LogP contribution in [0, 0.1) is 6.92 Å². The summed E-state index contributed by atoms with van der Waals surface area (Å²) >= 11 is 0. The second-order valence-electron chi connectivity index (χ2n) is 4.08. The first-order valence-electron chi connectivity index (χ1n) is 5.13. The summed E-state index contributed by atoms with van der Waals surface area (Å²) in [5.74, 6) is 0. The van der Waals surface area contributed by atoms with E-state index in [2.05, 4.69) is 4.98 Å². The van der Waals surface area contributed by atoms with Crippen molar-refractivity contribution in [2.24, 2.45) is 0 Å². The minimum Gasteiger partial charge on any atom is -0.392 e. The van der Waals surface area contributed by atoms with Gasteiger partial charge in [-0.3, -0.25) is 0 Å². The topological polar surface area (TPSA) is 67.3 Å². The first-order chi connectivity index (χ1) is 7.91. The minimum absolute atomic E-state index is 0.0450. The summed E-state index contributed by atoms with van der Waals surface area (Å²) in [6.45, 7) is 1.61. The molecule has 1 aromatic heterocycles. The van der Waals surface area contributed by atoms with Crippen LogP contribution in [0.4, 0.5) is 0 Å². The van der Waals surface area contributed by atoms with E-state index >= 15 is 0 Å². The number of sulfone groups is 1. The molecule has 0 fully saturated rings. The van der Waals surface area contributed by atoms with Crippen molar-refractivity contribution in [1.29, 1.82) is 0 Å². The van der Waals surface area contributed by atoms with Gasteiger partial charge in [-0.1, -0.05) is 11.6 Å². The van der Waals surface area contributed by atoms with Gasteiger partial charge in [0.25, 0.3) is 0 Å². The van der Waals surface area contributed by atoms with Gasteiger partial charge in [0, 0.05) is 17.2 Å². The molecule has 4 nitrogen and oxygen atoms in total. The van der Waals surface area contributed by atoms with Gasteiger partial charge in [0.1, 0.15) is 0 Å². The van der Waals surface area contributed by atoms with Crippen LogP contribution in [0.1, 0.15) is 11.1 Å². The number of aliphatic hydroxyl groups is 1. The number of pyridine rings is 1. The molecule has 0 aliphatic carbocycles. The molecule has 0 aliphatic heterocycles. The van der Waals surface area contributed by atoms with Gasteiger partial charge in [-0.25, -0.2) is 13.4 Å². The Hall–Kier alpha value is -1.46. The Balaban J connectivity index is 2.83. The van der Waals surface area contributed by atoms with Gasteiger partial charge in [0.2, 0.25) is 0 Å². The Bertz CT molecular complexity index is 677. The van der Waals surface area contributed by atoms with E-state index in [1.807, 2.05) is 19.1 Å². The summed E-state index contributed by atoms with van der Waals surface area (Å²) in [6, 6.07) is 7.24. The largest absolute Gasteiger partial charge is 0.392 e. The Labute approximate surface area is 99.8 Å². The molecule has 2 rings (SSSR count). The fraction of sp³-hybridized carbons (Fsp3) is 0.250. The molecule has 1 aromatic carbocycles. The Kier molecular flexibility index (Phi) is 2.89. The fourth-order valence-corrected chi connectivity index (χ4v) is 2.62. The van der Waals surface area contributed by atoms with Crippen LogP contribution in [0.2, 0.25) is 0 Å². The molecule has 2 aromatic rings. The molecule has 0 radical (unpaired) electrons. The van der Waals surface area contributed by atoms with Gasteiger partial charge in [0.15, 0.2) is 14.9 Å². The molecule has 17 heavy (non-hydrogen) atoms. The molecule has 5 heteroatoms. The van der Waals surface area contributed by atoms with Crippen molar-refractivity contribution >= 4 is 20.7 Å². The van der Waals surface area contributed by atoms with Crippen molar-refractivity contribution in [3.8, 4) is 0 Å². The maximum absolute atomic E-state index is 11.5.